The first kappa shape index (κ1) is 17.1. The Hall–Kier alpha value is -0.960. The fourth-order valence-corrected chi connectivity index (χ4v) is 3.97. The van der Waals surface area contributed by atoms with Crippen LogP contribution < -0.4 is 4.72 Å². The van der Waals surface area contributed by atoms with Gasteiger partial charge >= 0.3 is 5.97 Å². The zero-order valence-corrected chi connectivity index (χ0v) is 13.2. The van der Waals surface area contributed by atoms with Gasteiger partial charge in [-0.2, -0.15) is 0 Å². The zero-order valence-electron chi connectivity index (χ0n) is 10.8. The Morgan fingerprint density at radius 1 is 1.45 bits per heavy atom. The van der Waals surface area contributed by atoms with E-state index in [0.717, 1.165) is 6.07 Å². The number of rotatable bonds is 7. The molecule has 0 aliphatic heterocycles. The first-order valence-electron chi connectivity index (χ1n) is 5.97. The van der Waals surface area contributed by atoms with E-state index in [-0.39, 0.29) is 21.5 Å². The molecule has 0 aliphatic carbocycles. The minimum atomic E-state index is -3.85. The van der Waals surface area contributed by atoms with E-state index < -0.39 is 22.0 Å². The number of hydrogen-bond acceptors (Lipinski definition) is 4. The maximum atomic E-state index is 12.3. The van der Waals surface area contributed by atoms with Crippen molar-refractivity contribution in [3.63, 3.8) is 0 Å². The summed E-state index contributed by atoms with van der Waals surface area (Å²) in [4.78, 5) is 10.8. The van der Waals surface area contributed by atoms with Crippen molar-refractivity contribution in [1.82, 2.24) is 4.72 Å². The normalized spacial score (nSPS) is 13.2. The highest BCUT2D eigenvalue weighted by atomic mass is 79.9. The summed E-state index contributed by atoms with van der Waals surface area (Å²) in [6.07, 6.45) is 0.821. The number of aliphatic hydroxyl groups is 1. The van der Waals surface area contributed by atoms with Crippen LogP contribution in [-0.4, -0.2) is 37.2 Å². The Kier molecular flexibility index (Phi) is 6.12. The van der Waals surface area contributed by atoms with Crippen LogP contribution in [0.15, 0.2) is 27.6 Å². The summed E-state index contributed by atoms with van der Waals surface area (Å²) >= 11 is 3.10. The van der Waals surface area contributed by atoms with E-state index in [1.807, 2.05) is 0 Å². The predicted molar refractivity (Wildman–Crippen MR) is 77.2 cm³/mol. The highest BCUT2D eigenvalue weighted by Crippen LogP contribution is 2.23. The molecular formula is C12H16BrNO5S. The number of hydrogen-bond donors (Lipinski definition) is 3. The van der Waals surface area contributed by atoms with Crippen molar-refractivity contribution in [1.29, 1.82) is 0 Å². The molecule has 0 amide bonds. The van der Waals surface area contributed by atoms with Crippen LogP contribution in [0.25, 0.3) is 0 Å². The smallest absolute Gasteiger partial charge is 0.335 e. The van der Waals surface area contributed by atoms with Crippen LogP contribution in [-0.2, 0) is 10.0 Å². The van der Waals surface area contributed by atoms with Crippen molar-refractivity contribution in [3.8, 4) is 0 Å². The molecule has 1 aromatic rings. The van der Waals surface area contributed by atoms with Crippen molar-refractivity contribution in [2.45, 2.75) is 30.7 Å². The molecule has 0 saturated carbocycles. The zero-order chi connectivity index (χ0) is 15.3. The van der Waals surface area contributed by atoms with Gasteiger partial charge in [-0.25, -0.2) is 17.9 Å². The van der Waals surface area contributed by atoms with E-state index in [9.17, 15) is 13.2 Å². The summed E-state index contributed by atoms with van der Waals surface area (Å²) < 4.78 is 27.3. The molecule has 0 aliphatic rings. The summed E-state index contributed by atoms with van der Waals surface area (Å²) in [6, 6.07) is 3.40. The fourth-order valence-electron chi connectivity index (χ4n) is 1.63. The van der Waals surface area contributed by atoms with Crippen LogP contribution in [0.2, 0.25) is 0 Å². The Labute approximate surface area is 126 Å². The molecule has 6 nitrogen and oxygen atoms in total. The number of carbonyl (C=O) groups is 1. The van der Waals surface area contributed by atoms with E-state index in [1.165, 1.54) is 12.1 Å². The van der Waals surface area contributed by atoms with Crippen molar-refractivity contribution < 1.29 is 23.4 Å². The second kappa shape index (κ2) is 7.16. The topological polar surface area (TPSA) is 104 Å². The van der Waals surface area contributed by atoms with E-state index in [1.54, 1.807) is 6.92 Å². The standard InChI is InChI=1S/C12H16BrNO5S/c1-2-9(5-6-15)14-20(18,19)11-7-8(12(16)17)3-4-10(11)13/h3-4,7,9,14-15H,2,5-6H2,1H3,(H,16,17). The summed E-state index contributed by atoms with van der Waals surface area (Å²) in [6.45, 7) is 1.67. The van der Waals surface area contributed by atoms with Gasteiger partial charge in [-0.3, -0.25) is 0 Å². The number of carboxylic acid groups (broad SMARTS) is 1. The molecule has 0 spiro atoms. The number of aromatic carboxylic acids is 1. The fraction of sp³-hybridized carbons (Fsp3) is 0.417. The number of aliphatic hydroxyl groups excluding tert-OH is 1. The third-order valence-corrected chi connectivity index (χ3v) is 5.27. The molecular weight excluding hydrogens is 350 g/mol. The van der Waals surface area contributed by atoms with Gasteiger partial charge in [0, 0.05) is 17.1 Å². The van der Waals surface area contributed by atoms with Crippen LogP contribution in [0, 0.1) is 0 Å². The summed E-state index contributed by atoms with van der Waals surface area (Å²) in [5.41, 5.74) is -0.108. The molecule has 0 fully saturated rings. The average Bonchev–Trinajstić information content (AvgIpc) is 2.37. The lowest BCUT2D eigenvalue weighted by Gasteiger charge is -2.16. The largest absolute Gasteiger partial charge is 0.478 e. The number of nitrogens with one attached hydrogen (secondary N) is 1. The van der Waals surface area contributed by atoms with Gasteiger partial charge in [0.05, 0.1) is 10.5 Å². The monoisotopic (exact) mass is 365 g/mol. The first-order chi connectivity index (χ1) is 9.31. The van der Waals surface area contributed by atoms with Gasteiger partial charge < -0.3 is 10.2 Å². The second-order valence-corrected chi connectivity index (χ2v) is 6.73. The van der Waals surface area contributed by atoms with Gasteiger partial charge in [-0.1, -0.05) is 6.92 Å². The summed E-state index contributed by atoms with van der Waals surface area (Å²) in [5, 5.41) is 17.8. The van der Waals surface area contributed by atoms with E-state index >= 15 is 0 Å². The lowest BCUT2D eigenvalue weighted by atomic mass is 10.2. The minimum absolute atomic E-state index is 0.108. The van der Waals surface area contributed by atoms with Crippen LogP contribution in [0.3, 0.4) is 0 Å². The lowest BCUT2D eigenvalue weighted by Crippen LogP contribution is -2.35. The van der Waals surface area contributed by atoms with Gasteiger partial charge in [-0.05, 0) is 47.0 Å². The molecule has 1 rings (SSSR count). The molecule has 0 aromatic heterocycles. The van der Waals surface area contributed by atoms with Gasteiger partial charge in [0.1, 0.15) is 0 Å². The van der Waals surface area contributed by atoms with E-state index in [4.69, 9.17) is 10.2 Å². The molecule has 0 heterocycles. The molecule has 0 radical (unpaired) electrons. The van der Waals surface area contributed by atoms with Crippen LogP contribution in [0.5, 0.6) is 0 Å². The van der Waals surface area contributed by atoms with Crippen molar-refractivity contribution in [2.24, 2.45) is 0 Å². The SMILES string of the molecule is CCC(CCO)NS(=O)(=O)c1cc(C(=O)O)ccc1Br. The number of sulfonamides is 1. The Morgan fingerprint density at radius 2 is 2.10 bits per heavy atom. The molecule has 1 unspecified atom stereocenters. The minimum Gasteiger partial charge on any atom is -0.478 e. The molecule has 1 aromatic carbocycles. The Balaban J connectivity index is 3.14. The van der Waals surface area contributed by atoms with Gasteiger partial charge in [-0.15, -0.1) is 0 Å². The quantitative estimate of drug-likeness (QED) is 0.680. The van der Waals surface area contributed by atoms with Crippen LogP contribution in [0.4, 0.5) is 0 Å². The Bertz CT molecular complexity index is 588. The average molecular weight is 366 g/mol. The van der Waals surface area contributed by atoms with Gasteiger partial charge in [0.25, 0.3) is 0 Å². The molecule has 0 bridgehead atoms. The van der Waals surface area contributed by atoms with E-state index in [0.29, 0.717) is 12.8 Å². The molecule has 0 saturated heterocycles. The molecule has 8 heteroatoms. The van der Waals surface area contributed by atoms with Gasteiger partial charge in [0.15, 0.2) is 0 Å². The summed E-state index contributed by atoms with van der Waals surface area (Å²) in [5.74, 6) is -1.20. The highest BCUT2D eigenvalue weighted by Gasteiger charge is 2.22. The number of benzene rings is 1. The second-order valence-electron chi connectivity index (χ2n) is 4.19. The van der Waals surface area contributed by atoms with Gasteiger partial charge in [0.2, 0.25) is 10.0 Å². The third-order valence-electron chi connectivity index (χ3n) is 2.76. The lowest BCUT2D eigenvalue weighted by molar-refractivity contribution is 0.0696. The highest BCUT2D eigenvalue weighted by molar-refractivity contribution is 9.10. The predicted octanol–water partition coefficient (Wildman–Crippen LogP) is 1.59. The Morgan fingerprint density at radius 3 is 2.60 bits per heavy atom. The third kappa shape index (κ3) is 4.27. The van der Waals surface area contributed by atoms with Crippen molar-refractivity contribution in [2.75, 3.05) is 6.61 Å². The van der Waals surface area contributed by atoms with E-state index in [2.05, 4.69) is 20.7 Å². The van der Waals surface area contributed by atoms with Crippen LogP contribution >= 0.6 is 15.9 Å². The maximum absolute atomic E-state index is 12.3. The molecule has 1 atom stereocenters. The molecule has 20 heavy (non-hydrogen) atoms. The van der Waals surface area contributed by atoms with Crippen molar-refractivity contribution >= 4 is 31.9 Å². The first-order valence-corrected chi connectivity index (χ1v) is 8.25. The number of halogens is 1. The molecule has 3 N–H and O–H groups in total. The van der Waals surface area contributed by atoms with Crippen molar-refractivity contribution in [3.05, 3.63) is 28.2 Å². The van der Waals surface area contributed by atoms with Crippen LogP contribution in [0.1, 0.15) is 30.1 Å². The maximum Gasteiger partial charge on any atom is 0.335 e. The summed E-state index contributed by atoms with van der Waals surface area (Å²) in [7, 11) is -3.85. The number of carboxylic acids is 1. The molecule has 112 valence electrons.